The summed E-state index contributed by atoms with van der Waals surface area (Å²) in [6.07, 6.45) is 5.23. The molecule has 1 fully saturated rings. The van der Waals surface area contributed by atoms with Crippen LogP contribution in [-0.2, 0) is 0 Å². The molecule has 0 bridgehead atoms. The zero-order valence-corrected chi connectivity index (χ0v) is 11.9. The molecule has 7 nitrogen and oxygen atoms in total. The summed E-state index contributed by atoms with van der Waals surface area (Å²) in [4.78, 5) is 18.1. The highest BCUT2D eigenvalue weighted by atomic mass is 32.1. The van der Waals surface area contributed by atoms with Gasteiger partial charge >= 0.3 is 5.82 Å². The van der Waals surface area contributed by atoms with E-state index in [1.807, 2.05) is 0 Å². The van der Waals surface area contributed by atoms with E-state index in [9.17, 15) is 10.1 Å². The fraction of sp³-hybridized carbons (Fsp3) is 0.583. The first kappa shape index (κ1) is 13.3. The molecule has 1 N–H and O–H groups in total. The third kappa shape index (κ3) is 2.61. The monoisotopic (exact) mass is 295 g/mol. The Balaban J connectivity index is 1.60. The third-order valence-electron chi connectivity index (χ3n) is 3.55. The predicted octanol–water partition coefficient (Wildman–Crippen LogP) is 2.20. The van der Waals surface area contributed by atoms with Crippen LogP contribution in [0, 0.1) is 10.1 Å². The second kappa shape index (κ2) is 5.76. The molecule has 1 aliphatic rings. The van der Waals surface area contributed by atoms with Gasteiger partial charge in [-0.2, -0.15) is 9.38 Å². The van der Waals surface area contributed by atoms with Crippen molar-refractivity contribution >= 4 is 27.9 Å². The SMILES string of the molecule is O=[N+]([O-])c1c(NCCCN2CCCC2)nc2sccn12. The predicted molar refractivity (Wildman–Crippen MR) is 78.5 cm³/mol. The van der Waals surface area contributed by atoms with Crippen LogP contribution < -0.4 is 5.32 Å². The molecule has 3 heterocycles. The number of hydrogen-bond donors (Lipinski definition) is 1. The van der Waals surface area contributed by atoms with Gasteiger partial charge in [0.05, 0.1) is 0 Å². The van der Waals surface area contributed by atoms with Crippen molar-refractivity contribution in [3.8, 4) is 0 Å². The van der Waals surface area contributed by atoms with Crippen LogP contribution in [0.2, 0.25) is 0 Å². The fourth-order valence-corrected chi connectivity index (χ4v) is 3.29. The maximum Gasteiger partial charge on any atom is 0.372 e. The van der Waals surface area contributed by atoms with Crippen LogP contribution in [0.5, 0.6) is 0 Å². The van der Waals surface area contributed by atoms with Crippen LogP contribution in [0.15, 0.2) is 11.6 Å². The van der Waals surface area contributed by atoms with E-state index >= 15 is 0 Å². The van der Waals surface area contributed by atoms with Crippen molar-refractivity contribution in [2.45, 2.75) is 19.3 Å². The average molecular weight is 295 g/mol. The van der Waals surface area contributed by atoms with Gasteiger partial charge in [0, 0.05) is 11.9 Å². The molecule has 20 heavy (non-hydrogen) atoms. The molecule has 0 unspecified atom stereocenters. The maximum absolute atomic E-state index is 11.1. The Kier molecular flexibility index (Phi) is 3.83. The number of hydrogen-bond acceptors (Lipinski definition) is 6. The molecular weight excluding hydrogens is 278 g/mol. The van der Waals surface area contributed by atoms with E-state index in [1.54, 1.807) is 11.6 Å². The van der Waals surface area contributed by atoms with E-state index in [-0.39, 0.29) is 10.7 Å². The molecule has 0 aliphatic carbocycles. The van der Waals surface area contributed by atoms with Crippen molar-refractivity contribution in [3.63, 3.8) is 0 Å². The summed E-state index contributed by atoms with van der Waals surface area (Å²) < 4.78 is 1.52. The molecule has 0 atom stereocenters. The number of nitro groups is 1. The number of rotatable bonds is 6. The summed E-state index contributed by atoms with van der Waals surface area (Å²) in [6.45, 7) is 4.12. The van der Waals surface area contributed by atoms with Gasteiger partial charge in [-0.1, -0.05) is 11.3 Å². The summed E-state index contributed by atoms with van der Waals surface area (Å²) in [5.41, 5.74) is 0. The van der Waals surface area contributed by atoms with E-state index < -0.39 is 0 Å². The number of fused-ring (bicyclic) bond motifs is 1. The van der Waals surface area contributed by atoms with Gasteiger partial charge in [0.25, 0.3) is 4.96 Å². The molecule has 0 amide bonds. The fourth-order valence-electron chi connectivity index (χ4n) is 2.58. The summed E-state index contributed by atoms with van der Waals surface area (Å²) in [6, 6.07) is 0. The van der Waals surface area contributed by atoms with Crippen LogP contribution in [-0.4, -0.2) is 45.4 Å². The second-order valence-electron chi connectivity index (χ2n) is 4.93. The highest BCUT2D eigenvalue weighted by Gasteiger charge is 2.23. The van der Waals surface area contributed by atoms with Gasteiger partial charge in [-0.15, -0.1) is 0 Å². The van der Waals surface area contributed by atoms with E-state index in [0.29, 0.717) is 17.3 Å². The van der Waals surface area contributed by atoms with Crippen LogP contribution in [0.3, 0.4) is 0 Å². The summed E-state index contributed by atoms with van der Waals surface area (Å²) in [5.74, 6) is 0.408. The largest absolute Gasteiger partial charge is 0.372 e. The quantitative estimate of drug-likeness (QED) is 0.502. The van der Waals surface area contributed by atoms with Crippen LogP contribution in [0.25, 0.3) is 4.96 Å². The molecular formula is C12H17N5O2S. The molecule has 0 radical (unpaired) electrons. The lowest BCUT2D eigenvalue weighted by atomic mass is 10.4. The topological polar surface area (TPSA) is 75.7 Å². The molecule has 2 aromatic heterocycles. The van der Waals surface area contributed by atoms with Crippen LogP contribution >= 0.6 is 11.3 Å². The van der Waals surface area contributed by atoms with Crippen molar-refractivity contribution in [1.29, 1.82) is 0 Å². The van der Waals surface area contributed by atoms with E-state index in [0.717, 1.165) is 13.0 Å². The Labute approximate surface area is 120 Å². The standard InChI is InChI=1S/C12H17N5O2S/c18-17(19)11-10(14-12-16(11)8-9-20-12)13-4-3-7-15-5-1-2-6-15/h8-9,13H,1-7H2. The number of aromatic nitrogens is 2. The molecule has 8 heteroatoms. The second-order valence-corrected chi connectivity index (χ2v) is 5.80. The number of nitrogens with zero attached hydrogens (tertiary/aromatic N) is 4. The van der Waals surface area contributed by atoms with Crippen molar-refractivity contribution in [1.82, 2.24) is 14.3 Å². The molecule has 0 spiro atoms. The molecule has 1 aliphatic heterocycles. The minimum absolute atomic E-state index is 0.0300. The summed E-state index contributed by atoms with van der Waals surface area (Å²) >= 11 is 1.40. The molecule has 1 saturated heterocycles. The Morgan fingerprint density at radius 2 is 2.25 bits per heavy atom. The van der Waals surface area contributed by atoms with Gasteiger partial charge in [0.2, 0.25) is 5.82 Å². The molecule has 3 rings (SSSR count). The highest BCUT2D eigenvalue weighted by Crippen LogP contribution is 2.27. The van der Waals surface area contributed by atoms with Crippen LogP contribution in [0.1, 0.15) is 19.3 Å². The van der Waals surface area contributed by atoms with Crippen molar-refractivity contribution in [2.24, 2.45) is 0 Å². The maximum atomic E-state index is 11.1. The van der Waals surface area contributed by atoms with Crippen LogP contribution in [0.4, 0.5) is 11.6 Å². The van der Waals surface area contributed by atoms with Crippen molar-refractivity contribution in [3.05, 3.63) is 21.7 Å². The number of nitrogens with one attached hydrogen (secondary N) is 1. The first-order valence-electron chi connectivity index (χ1n) is 6.82. The van der Waals surface area contributed by atoms with Crippen molar-refractivity contribution in [2.75, 3.05) is 31.5 Å². The average Bonchev–Trinajstić information content (AvgIpc) is 3.10. The first-order chi connectivity index (χ1) is 9.75. The lowest BCUT2D eigenvalue weighted by molar-refractivity contribution is -0.389. The normalized spacial score (nSPS) is 16.0. The molecule has 0 aromatic carbocycles. The van der Waals surface area contributed by atoms with Crippen molar-refractivity contribution < 1.29 is 4.92 Å². The third-order valence-corrected chi connectivity index (χ3v) is 4.31. The minimum Gasteiger partial charge on any atom is -0.363 e. The van der Waals surface area contributed by atoms with Gasteiger partial charge in [-0.05, 0) is 43.8 Å². The summed E-state index contributed by atoms with van der Waals surface area (Å²) in [5, 5.41) is 16.0. The van der Waals surface area contributed by atoms with E-state index in [2.05, 4.69) is 15.2 Å². The van der Waals surface area contributed by atoms with Gasteiger partial charge in [0.1, 0.15) is 6.20 Å². The van der Waals surface area contributed by atoms with Gasteiger partial charge < -0.3 is 20.3 Å². The lowest BCUT2D eigenvalue weighted by Crippen LogP contribution is -2.22. The summed E-state index contributed by atoms with van der Waals surface area (Å²) in [7, 11) is 0. The highest BCUT2D eigenvalue weighted by molar-refractivity contribution is 7.15. The lowest BCUT2D eigenvalue weighted by Gasteiger charge is -2.13. The van der Waals surface area contributed by atoms with Gasteiger partial charge in [-0.25, -0.2) is 0 Å². The zero-order chi connectivity index (χ0) is 13.9. The zero-order valence-electron chi connectivity index (χ0n) is 11.1. The smallest absolute Gasteiger partial charge is 0.363 e. The number of anilines is 1. The van der Waals surface area contributed by atoms with E-state index in [1.165, 1.54) is 41.7 Å². The Hall–Kier alpha value is -1.67. The number of thiazole rings is 1. The Morgan fingerprint density at radius 1 is 1.45 bits per heavy atom. The molecule has 0 saturated carbocycles. The molecule has 108 valence electrons. The Bertz CT molecular complexity index is 602. The first-order valence-corrected chi connectivity index (χ1v) is 7.70. The minimum atomic E-state index is -0.379. The van der Waals surface area contributed by atoms with Gasteiger partial charge in [-0.3, -0.25) is 0 Å². The molecule has 2 aromatic rings. The number of imidazole rings is 1. The van der Waals surface area contributed by atoms with E-state index in [4.69, 9.17) is 0 Å². The number of likely N-dealkylation sites (tertiary alicyclic amines) is 1. The van der Waals surface area contributed by atoms with Gasteiger partial charge in [0.15, 0.2) is 0 Å². The Morgan fingerprint density at radius 3 is 3.00 bits per heavy atom.